The minimum Gasteiger partial charge on any atom is -0.376 e. The molecule has 2 heterocycles. The van der Waals surface area contributed by atoms with Gasteiger partial charge in [-0.3, -0.25) is 0 Å². The molecule has 2 rings (SSSR count). The van der Waals surface area contributed by atoms with Crippen LogP contribution in [0.5, 0.6) is 0 Å². The summed E-state index contributed by atoms with van der Waals surface area (Å²) in [4.78, 5) is 4.57. The van der Waals surface area contributed by atoms with Crippen LogP contribution in [-0.2, 0) is 4.74 Å². The Morgan fingerprint density at radius 1 is 1.07 bits per heavy atom. The van der Waals surface area contributed by atoms with Crippen LogP contribution in [0.15, 0.2) is 0 Å². The van der Waals surface area contributed by atoms with E-state index in [1.165, 1.54) is 13.1 Å². The Morgan fingerprint density at radius 3 is 1.79 bits per heavy atom. The monoisotopic (exact) mass is 200 g/mol. The van der Waals surface area contributed by atoms with Gasteiger partial charge in [0.2, 0.25) is 0 Å². The first-order chi connectivity index (χ1) is 6.61. The fraction of sp³-hybridized carbons (Fsp3) is 1.00. The van der Waals surface area contributed by atoms with Crippen molar-refractivity contribution in [3.63, 3.8) is 0 Å². The van der Waals surface area contributed by atoms with E-state index in [1.54, 1.807) is 0 Å². The second-order valence-electron chi connectivity index (χ2n) is 4.62. The van der Waals surface area contributed by atoms with Gasteiger partial charge in [0.05, 0.1) is 6.10 Å². The van der Waals surface area contributed by atoms with Gasteiger partial charge >= 0.3 is 0 Å². The summed E-state index contributed by atoms with van der Waals surface area (Å²) in [5.74, 6) is 0.968. The van der Waals surface area contributed by atoms with Gasteiger partial charge in [0.25, 0.3) is 0 Å². The molecule has 0 amide bonds. The first kappa shape index (κ1) is 12.0. The van der Waals surface area contributed by atoms with Gasteiger partial charge in [0.15, 0.2) is 0 Å². The maximum Gasteiger partial charge on any atom is 0.0828 e. The van der Waals surface area contributed by atoms with Crippen LogP contribution >= 0.6 is 0 Å². The first-order valence-electron chi connectivity index (χ1n) is 5.60. The Morgan fingerprint density at radius 2 is 1.57 bits per heavy atom. The first-order valence-corrected chi connectivity index (χ1v) is 5.60. The Bertz CT molecular complexity index is 143. The van der Waals surface area contributed by atoms with Gasteiger partial charge in [-0.1, -0.05) is 6.92 Å². The standard InChI is InChI=1S/C6H13NO.C5H11N/c1-3-8-6-4-7(2)5-6;1-5-3-6(2)4-5/h6H,3-5H2,1-2H3;5H,3-4H2,1-2H3. The fourth-order valence-electron chi connectivity index (χ4n) is 1.99. The van der Waals surface area contributed by atoms with Crippen LogP contribution in [0.4, 0.5) is 0 Å². The molecule has 0 aromatic heterocycles. The van der Waals surface area contributed by atoms with Crippen molar-refractivity contribution < 1.29 is 4.74 Å². The molecule has 84 valence electrons. The molecule has 0 N–H and O–H groups in total. The number of hydrogen-bond donors (Lipinski definition) is 0. The molecule has 0 aromatic carbocycles. The molecule has 2 fully saturated rings. The summed E-state index contributed by atoms with van der Waals surface area (Å²) < 4.78 is 5.31. The zero-order valence-corrected chi connectivity index (χ0v) is 9.99. The molecular formula is C11H24N2O. The van der Waals surface area contributed by atoms with Crippen molar-refractivity contribution in [1.82, 2.24) is 9.80 Å². The lowest BCUT2D eigenvalue weighted by molar-refractivity contribution is -0.0377. The van der Waals surface area contributed by atoms with E-state index < -0.39 is 0 Å². The van der Waals surface area contributed by atoms with Gasteiger partial charge in [-0.25, -0.2) is 0 Å². The van der Waals surface area contributed by atoms with Gasteiger partial charge < -0.3 is 14.5 Å². The van der Waals surface area contributed by atoms with Crippen molar-refractivity contribution in [1.29, 1.82) is 0 Å². The third-order valence-corrected chi connectivity index (χ3v) is 2.68. The summed E-state index contributed by atoms with van der Waals surface area (Å²) in [5, 5.41) is 0. The third kappa shape index (κ3) is 3.95. The molecule has 2 saturated heterocycles. The Hall–Kier alpha value is -0.120. The summed E-state index contributed by atoms with van der Waals surface area (Å²) in [6.07, 6.45) is 0.532. The Labute approximate surface area is 88.0 Å². The molecule has 2 aliphatic heterocycles. The van der Waals surface area contributed by atoms with E-state index in [9.17, 15) is 0 Å². The van der Waals surface area contributed by atoms with E-state index in [2.05, 4.69) is 30.8 Å². The van der Waals surface area contributed by atoms with E-state index >= 15 is 0 Å². The van der Waals surface area contributed by atoms with Gasteiger partial charge in [-0.05, 0) is 26.9 Å². The van der Waals surface area contributed by atoms with Crippen molar-refractivity contribution in [3.05, 3.63) is 0 Å². The van der Waals surface area contributed by atoms with Gasteiger partial charge in [-0.15, -0.1) is 0 Å². The second kappa shape index (κ2) is 5.69. The largest absolute Gasteiger partial charge is 0.376 e. The van der Waals surface area contributed by atoms with Crippen LogP contribution in [0.2, 0.25) is 0 Å². The lowest BCUT2D eigenvalue weighted by atomic mass is 10.1. The summed E-state index contributed by atoms with van der Waals surface area (Å²) in [6, 6.07) is 0. The van der Waals surface area contributed by atoms with E-state index in [0.717, 1.165) is 25.6 Å². The third-order valence-electron chi connectivity index (χ3n) is 2.68. The molecular weight excluding hydrogens is 176 g/mol. The Balaban J connectivity index is 0.000000146. The van der Waals surface area contributed by atoms with Crippen molar-refractivity contribution in [2.24, 2.45) is 5.92 Å². The van der Waals surface area contributed by atoms with Crippen molar-refractivity contribution in [2.45, 2.75) is 20.0 Å². The van der Waals surface area contributed by atoms with Crippen LogP contribution in [0.3, 0.4) is 0 Å². The van der Waals surface area contributed by atoms with Crippen molar-refractivity contribution in [3.8, 4) is 0 Å². The van der Waals surface area contributed by atoms with Gasteiger partial charge in [-0.2, -0.15) is 0 Å². The highest BCUT2D eigenvalue weighted by molar-refractivity contribution is 4.76. The molecule has 0 atom stereocenters. The van der Waals surface area contributed by atoms with E-state index in [1.807, 2.05) is 6.92 Å². The van der Waals surface area contributed by atoms with Crippen LogP contribution in [-0.4, -0.2) is 62.8 Å². The molecule has 2 aliphatic rings. The molecule has 0 spiro atoms. The second-order valence-corrected chi connectivity index (χ2v) is 4.62. The normalized spacial score (nSPS) is 24.9. The number of hydrogen-bond acceptors (Lipinski definition) is 3. The lowest BCUT2D eigenvalue weighted by Crippen LogP contribution is -2.49. The van der Waals surface area contributed by atoms with Crippen LogP contribution in [0.1, 0.15) is 13.8 Å². The average molecular weight is 200 g/mol. The lowest BCUT2D eigenvalue weighted by Gasteiger charge is -2.35. The number of likely N-dealkylation sites (N-methyl/N-ethyl adjacent to an activating group) is 1. The van der Waals surface area contributed by atoms with E-state index in [-0.39, 0.29) is 0 Å². The maximum atomic E-state index is 5.31. The van der Waals surface area contributed by atoms with Crippen LogP contribution in [0.25, 0.3) is 0 Å². The Kier molecular flexibility index (Phi) is 4.85. The molecule has 3 heteroatoms. The highest BCUT2D eigenvalue weighted by atomic mass is 16.5. The number of nitrogens with zero attached hydrogens (tertiary/aromatic N) is 2. The average Bonchev–Trinajstić information content (AvgIpc) is 2.01. The van der Waals surface area contributed by atoms with E-state index in [0.29, 0.717) is 6.10 Å². The molecule has 0 aromatic rings. The molecule has 0 bridgehead atoms. The van der Waals surface area contributed by atoms with E-state index in [4.69, 9.17) is 4.74 Å². The zero-order valence-electron chi connectivity index (χ0n) is 9.99. The quantitative estimate of drug-likeness (QED) is 0.659. The highest BCUT2D eigenvalue weighted by Crippen LogP contribution is 2.09. The predicted octanol–water partition coefficient (Wildman–Crippen LogP) is 0.905. The SMILES string of the molecule is CC1CN(C)C1.CCOC1CN(C)C1. The van der Waals surface area contributed by atoms with Gasteiger partial charge in [0.1, 0.15) is 0 Å². The fourth-order valence-corrected chi connectivity index (χ4v) is 1.99. The molecule has 0 aliphatic carbocycles. The van der Waals surface area contributed by atoms with Crippen LogP contribution in [0, 0.1) is 5.92 Å². The summed E-state index contributed by atoms with van der Waals surface area (Å²) >= 11 is 0. The van der Waals surface area contributed by atoms with Crippen LogP contribution < -0.4 is 0 Å². The topological polar surface area (TPSA) is 15.7 Å². The zero-order chi connectivity index (χ0) is 10.6. The summed E-state index contributed by atoms with van der Waals surface area (Å²) in [5.41, 5.74) is 0. The van der Waals surface area contributed by atoms with Crippen molar-refractivity contribution >= 4 is 0 Å². The maximum absolute atomic E-state index is 5.31. The molecule has 0 unspecified atom stereocenters. The number of likely N-dealkylation sites (tertiary alicyclic amines) is 2. The number of rotatable bonds is 2. The molecule has 3 nitrogen and oxygen atoms in total. The molecule has 14 heavy (non-hydrogen) atoms. The summed E-state index contributed by atoms with van der Waals surface area (Å²) in [7, 11) is 4.26. The minimum absolute atomic E-state index is 0.532. The minimum atomic E-state index is 0.532. The smallest absolute Gasteiger partial charge is 0.0828 e. The molecule has 0 radical (unpaired) electrons. The van der Waals surface area contributed by atoms with Crippen molar-refractivity contribution in [2.75, 3.05) is 46.9 Å². The summed E-state index contributed by atoms with van der Waals surface area (Å²) in [6.45, 7) is 10.0. The number of ether oxygens (including phenoxy) is 1. The molecule has 0 saturated carbocycles. The predicted molar refractivity (Wildman–Crippen MR) is 59.6 cm³/mol. The van der Waals surface area contributed by atoms with Gasteiger partial charge in [0, 0.05) is 32.8 Å². The highest BCUT2D eigenvalue weighted by Gasteiger charge is 2.22.